The van der Waals surface area contributed by atoms with Crippen molar-refractivity contribution in [3.05, 3.63) is 0 Å². The summed E-state index contributed by atoms with van der Waals surface area (Å²) in [6, 6.07) is 1.19. The molecule has 5 nitrogen and oxygen atoms in total. The maximum Gasteiger partial charge on any atom is 0.317 e. The molecular weight excluding hydrogens is 216 g/mol. The van der Waals surface area contributed by atoms with Crippen LogP contribution in [0.4, 0.5) is 4.79 Å². The Labute approximate surface area is 103 Å². The van der Waals surface area contributed by atoms with Gasteiger partial charge in [0.25, 0.3) is 0 Å². The van der Waals surface area contributed by atoms with Crippen LogP contribution >= 0.6 is 0 Å². The third-order valence-electron chi connectivity index (χ3n) is 4.04. The summed E-state index contributed by atoms with van der Waals surface area (Å²) in [7, 11) is 0. The van der Waals surface area contributed by atoms with E-state index in [2.05, 4.69) is 17.1 Å². The molecule has 0 spiro atoms. The van der Waals surface area contributed by atoms with Crippen LogP contribution in [-0.4, -0.2) is 60.6 Å². The molecule has 3 N–H and O–H groups in total. The lowest BCUT2D eigenvalue weighted by Gasteiger charge is -2.40. The summed E-state index contributed by atoms with van der Waals surface area (Å²) in [4.78, 5) is 15.8. The second-order valence-electron chi connectivity index (χ2n) is 5.13. The molecule has 2 unspecified atom stereocenters. The van der Waals surface area contributed by atoms with E-state index in [4.69, 9.17) is 5.73 Å². The molecule has 2 aliphatic rings. The molecular formula is C12H24N4O. The number of nitrogens with zero attached hydrogens (tertiary/aromatic N) is 2. The molecule has 98 valence electrons. The van der Waals surface area contributed by atoms with Crippen LogP contribution in [0.1, 0.15) is 26.2 Å². The average molecular weight is 240 g/mol. The van der Waals surface area contributed by atoms with Crippen molar-refractivity contribution in [1.29, 1.82) is 0 Å². The molecule has 2 saturated heterocycles. The van der Waals surface area contributed by atoms with Crippen LogP contribution in [0.3, 0.4) is 0 Å². The van der Waals surface area contributed by atoms with Crippen LogP contribution in [0.25, 0.3) is 0 Å². The van der Waals surface area contributed by atoms with Crippen LogP contribution < -0.4 is 11.1 Å². The van der Waals surface area contributed by atoms with Crippen molar-refractivity contribution < 1.29 is 4.79 Å². The zero-order chi connectivity index (χ0) is 12.3. The highest BCUT2D eigenvalue weighted by molar-refractivity contribution is 5.76. The van der Waals surface area contributed by atoms with Gasteiger partial charge < -0.3 is 16.0 Å². The lowest BCUT2D eigenvalue weighted by atomic mass is 9.96. The van der Waals surface area contributed by atoms with Gasteiger partial charge in [0.2, 0.25) is 0 Å². The van der Waals surface area contributed by atoms with Gasteiger partial charge in [0, 0.05) is 44.8 Å². The number of hydrogen-bond acceptors (Lipinski definition) is 3. The average Bonchev–Trinajstić information content (AvgIpc) is 2.73. The fourth-order valence-electron chi connectivity index (χ4n) is 2.96. The van der Waals surface area contributed by atoms with Gasteiger partial charge in [-0.1, -0.05) is 6.42 Å². The second kappa shape index (κ2) is 5.69. The van der Waals surface area contributed by atoms with E-state index in [0.717, 1.165) is 32.7 Å². The van der Waals surface area contributed by atoms with Crippen molar-refractivity contribution in [2.75, 3.05) is 32.7 Å². The Morgan fingerprint density at radius 3 is 2.88 bits per heavy atom. The summed E-state index contributed by atoms with van der Waals surface area (Å²) in [6.45, 7) is 6.41. The smallest absolute Gasteiger partial charge is 0.317 e. The zero-order valence-electron chi connectivity index (χ0n) is 10.7. The van der Waals surface area contributed by atoms with Gasteiger partial charge >= 0.3 is 6.03 Å². The lowest BCUT2D eigenvalue weighted by Crippen LogP contribution is -2.51. The van der Waals surface area contributed by atoms with E-state index in [0.29, 0.717) is 12.1 Å². The van der Waals surface area contributed by atoms with E-state index in [1.807, 2.05) is 4.90 Å². The maximum atomic E-state index is 11.5. The Kier molecular flexibility index (Phi) is 4.23. The number of carbonyl (C=O) groups is 1. The van der Waals surface area contributed by atoms with E-state index in [1.165, 1.54) is 19.3 Å². The normalized spacial score (nSPS) is 30.7. The fourth-order valence-corrected chi connectivity index (χ4v) is 2.96. The number of carbonyl (C=O) groups excluding carboxylic acids is 1. The quantitative estimate of drug-likeness (QED) is 0.738. The van der Waals surface area contributed by atoms with Crippen LogP contribution in [-0.2, 0) is 0 Å². The van der Waals surface area contributed by atoms with Gasteiger partial charge in [-0.05, 0) is 19.8 Å². The highest BCUT2D eigenvalue weighted by Gasteiger charge is 2.28. The SMILES string of the molecule is CC1CCCC(CN)N1CCN1CCNC1=O. The van der Waals surface area contributed by atoms with Crippen molar-refractivity contribution >= 4 is 6.03 Å². The predicted octanol–water partition coefficient (Wildman–Crippen LogP) is 0.213. The maximum absolute atomic E-state index is 11.5. The number of likely N-dealkylation sites (tertiary alicyclic amines) is 1. The summed E-state index contributed by atoms with van der Waals surface area (Å²) in [5.41, 5.74) is 5.83. The van der Waals surface area contributed by atoms with Gasteiger partial charge in [-0.15, -0.1) is 0 Å². The van der Waals surface area contributed by atoms with E-state index in [1.54, 1.807) is 0 Å². The number of nitrogens with two attached hydrogens (primary N) is 1. The number of nitrogens with one attached hydrogen (secondary N) is 1. The monoisotopic (exact) mass is 240 g/mol. The van der Waals surface area contributed by atoms with Crippen LogP contribution in [0, 0.1) is 0 Å². The topological polar surface area (TPSA) is 61.6 Å². The van der Waals surface area contributed by atoms with Crippen LogP contribution in [0.15, 0.2) is 0 Å². The first kappa shape index (κ1) is 12.6. The highest BCUT2D eigenvalue weighted by Crippen LogP contribution is 2.21. The molecule has 0 saturated carbocycles. The Bertz CT molecular complexity index is 271. The predicted molar refractivity (Wildman–Crippen MR) is 67.8 cm³/mol. The molecule has 2 aliphatic heterocycles. The van der Waals surface area contributed by atoms with Gasteiger partial charge in [0.1, 0.15) is 0 Å². The van der Waals surface area contributed by atoms with Crippen molar-refractivity contribution in [1.82, 2.24) is 15.1 Å². The van der Waals surface area contributed by atoms with Crippen molar-refractivity contribution in [3.8, 4) is 0 Å². The first-order chi connectivity index (χ1) is 8.22. The summed E-state index contributed by atoms with van der Waals surface area (Å²) in [6.07, 6.45) is 3.74. The molecule has 0 aromatic rings. The molecule has 2 amide bonds. The van der Waals surface area contributed by atoms with Crippen LogP contribution in [0.5, 0.6) is 0 Å². The van der Waals surface area contributed by atoms with Gasteiger partial charge in [0.15, 0.2) is 0 Å². The van der Waals surface area contributed by atoms with Crippen molar-refractivity contribution in [3.63, 3.8) is 0 Å². The largest absolute Gasteiger partial charge is 0.336 e. The van der Waals surface area contributed by atoms with Gasteiger partial charge in [0.05, 0.1) is 0 Å². The van der Waals surface area contributed by atoms with Crippen LogP contribution in [0.2, 0.25) is 0 Å². The Balaban J connectivity index is 1.84. The van der Waals surface area contributed by atoms with Gasteiger partial charge in [-0.25, -0.2) is 4.79 Å². The molecule has 0 radical (unpaired) electrons. The van der Waals surface area contributed by atoms with E-state index >= 15 is 0 Å². The minimum atomic E-state index is 0.0824. The molecule has 0 bridgehead atoms. The van der Waals surface area contributed by atoms with Gasteiger partial charge in [-0.3, -0.25) is 4.90 Å². The molecule has 0 aliphatic carbocycles. The number of amides is 2. The molecule has 2 atom stereocenters. The number of piperidine rings is 1. The molecule has 2 rings (SSSR count). The summed E-state index contributed by atoms with van der Waals surface area (Å²) in [5, 5.41) is 2.84. The standard InChI is InChI=1S/C12H24N4O/c1-10-3-2-4-11(9-13)16(10)8-7-15-6-5-14-12(15)17/h10-11H,2-9,13H2,1H3,(H,14,17). The third kappa shape index (κ3) is 2.90. The summed E-state index contributed by atoms with van der Waals surface area (Å²) < 4.78 is 0. The third-order valence-corrected chi connectivity index (χ3v) is 4.04. The molecule has 0 aromatic carbocycles. The summed E-state index contributed by atoms with van der Waals surface area (Å²) in [5.74, 6) is 0. The number of urea groups is 1. The van der Waals surface area contributed by atoms with E-state index < -0.39 is 0 Å². The molecule has 17 heavy (non-hydrogen) atoms. The molecule has 5 heteroatoms. The molecule has 0 aromatic heterocycles. The fraction of sp³-hybridized carbons (Fsp3) is 0.917. The van der Waals surface area contributed by atoms with Crippen molar-refractivity contribution in [2.24, 2.45) is 5.73 Å². The minimum Gasteiger partial charge on any atom is -0.336 e. The first-order valence-corrected chi connectivity index (χ1v) is 6.71. The molecule has 2 fully saturated rings. The number of hydrogen-bond donors (Lipinski definition) is 2. The van der Waals surface area contributed by atoms with E-state index in [-0.39, 0.29) is 6.03 Å². The summed E-state index contributed by atoms with van der Waals surface area (Å²) >= 11 is 0. The zero-order valence-corrected chi connectivity index (χ0v) is 10.7. The number of rotatable bonds is 4. The Morgan fingerprint density at radius 1 is 1.41 bits per heavy atom. The molecule has 2 heterocycles. The first-order valence-electron chi connectivity index (χ1n) is 6.71. The highest BCUT2D eigenvalue weighted by atomic mass is 16.2. The van der Waals surface area contributed by atoms with Crippen molar-refractivity contribution in [2.45, 2.75) is 38.3 Å². The second-order valence-corrected chi connectivity index (χ2v) is 5.13. The van der Waals surface area contributed by atoms with Gasteiger partial charge in [-0.2, -0.15) is 0 Å². The lowest BCUT2D eigenvalue weighted by molar-refractivity contribution is 0.0889. The Hall–Kier alpha value is -0.810. The minimum absolute atomic E-state index is 0.0824. The Morgan fingerprint density at radius 2 is 2.24 bits per heavy atom. The van der Waals surface area contributed by atoms with E-state index in [9.17, 15) is 4.79 Å².